The van der Waals surface area contributed by atoms with Crippen molar-refractivity contribution < 1.29 is 14.0 Å². The van der Waals surface area contributed by atoms with Crippen LogP contribution in [0.25, 0.3) is 0 Å². The van der Waals surface area contributed by atoms with E-state index in [0.29, 0.717) is 6.54 Å². The molecule has 0 saturated carbocycles. The topological polar surface area (TPSA) is 71.3 Å². The van der Waals surface area contributed by atoms with E-state index in [2.05, 4.69) is 42.7 Å². The number of carbonyl (C=O) groups is 2. The van der Waals surface area contributed by atoms with Crippen molar-refractivity contribution in [2.45, 2.75) is 26.7 Å². The van der Waals surface area contributed by atoms with E-state index in [4.69, 9.17) is 4.42 Å². The highest BCUT2D eigenvalue weighted by molar-refractivity contribution is 5.94. The minimum Gasteiger partial charge on any atom is -0.459 e. The van der Waals surface area contributed by atoms with Crippen LogP contribution < -0.4 is 10.6 Å². The maximum atomic E-state index is 11.7. The summed E-state index contributed by atoms with van der Waals surface area (Å²) in [6.07, 6.45) is 3.20. The molecule has 1 aromatic heterocycles. The zero-order valence-electron chi connectivity index (χ0n) is 13.5. The van der Waals surface area contributed by atoms with E-state index >= 15 is 0 Å². The van der Waals surface area contributed by atoms with Gasteiger partial charge in [-0.25, -0.2) is 0 Å². The lowest BCUT2D eigenvalue weighted by molar-refractivity contribution is -0.120. The molecule has 5 nitrogen and oxygen atoms in total. The standard InChI is InChI=1S/C18H22N2O3/c1-13-7-8-15(14(2)11-13)5-3-9-19-17(21)12-20-18(22)16-6-4-10-23-16/h4,6-8,10-11H,3,5,9,12H2,1-2H3,(H,19,21)(H,20,22). The fourth-order valence-electron chi connectivity index (χ4n) is 2.35. The van der Waals surface area contributed by atoms with Crippen LogP contribution in [0.3, 0.4) is 0 Å². The van der Waals surface area contributed by atoms with Crippen LogP contribution in [0.4, 0.5) is 0 Å². The maximum Gasteiger partial charge on any atom is 0.287 e. The van der Waals surface area contributed by atoms with Crippen LogP contribution in [-0.2, 0) is 11.2 Å². The predicted molar refractivity (Wildman–Crippen MR) is 88.3 cm³/mol. The van der Waals surface area contributed by atoms with Gasteiger partial charge in [0.15, 0.2) is 5.76 Å². The van der Waals surface area contributed by atoms with Crippen molar-refractivity contribution in [3.63, 3.8) is 0 Å². The lowest BCUT2D eigenvalue weighted by atomic mass is 10.0. The molecule has 2 N–H and O–H groups in total. The normalized spacial score (nSPS) is 10.3. The van der Waals surface area contributed by atoms with Gasteiger partial charge in [0.2, 0.25) is 5.91 Å². The molecule has 0 bridgehead atoms. The number of furan rings is 1. The quantitative estimate of drug-likeness (QED) is 0.771. The van der Waals surface area contributed by atoms with E-state index in [1.807, 2.05) is 0 Å². The Morgan fingerprint density at radius 2 is 1.96 bits per heavy atom. The molecule has 0 fully saturated rings. The van der Waals surface area contributed by atoms with Crippen molar-refractivity contribution in [3.05, 3.63) is 59.0 Å². The smallest absolute Gasteiger partial charge is 0.287 e. The number of aryl methyl sites for hydroxylation is 3. The largest absolute Gasteiger partial charge is 0.459 e. The third-order valence-electron chi connectivity index (χ3n) is 3.60. The molecule has 0 aliphatic carbocycles. The summed E-state index contributed by atoms with van der Waals surface area (Å²) in [7, 11) is 0. The van der Waals surface area contributed by atoms with Crippen LogP contribution in [0.1, 0.15) is 33.7 Å². The number of amides is 2. The van der Waals surface area contributed by atoms with Crippen LogP contribution >= 0.6 is 0 Å². The second-order valence-corrected chi connectivity index (χ2v) is 5.54. The fraction of sp³-hybridized carbons (Fsp3) is 0.333. The summed E-state index contributed by atoms with van der Waals surface area (Å²) in [5, 5.41) is 5.31. The SMILES string of the molecule is Cc1ccc(CCCNC(=O)CNC(=O)c2ccco2)c(C)c1. The van der Waals surface area contributed by atoms with Gasteiger partial charge in [0.05, 0.1) is 12.8 Å². The second-order valence-electron chi connectivity index (χ2n) is 5.54. The molecule has 0 radical (unpaired) electrons. The molecular weight excluding hydrogens is 292 g/mol. The molecule has 1 aromatic carbocycles. The minimum absolute atomic E-state index is 0.0525. The summed E-state index contributed by atoms with van der Waals surface area (Å²) in [6.45, 7) is 4.71. The van der Waals surface area contributed by atoms with Crippen LogP contribution in [0.5, 0.6) is 0 Å². The highest BCUT2D eigenvalue weighted by Crippen LogP contribution is 2.12. The van der Waals surface area contributed by atoms with Gasteiger partial charge in [-0.2, -0.15) is 0 Å². The van der Waals surface area contributed by atoms with Gasteiger partial charge in [0.1, 0.15) is 0 Å². The Labute approximate surface area is 136 Å². The van der Waals surface area contributed by atoms with Gasteiger partial charge in [0.25, 0.3) is 5.91 Å². The monoisotopic (exact) mass is 314 g/mol. The van der Waals surface area contributed by atoms with Crippen LogP contribution in [0.2, 0.25) is 0 Å². The third-order valence-corrected chi connectivity index (χ3v) is 3.60. The first-order chi connectivity index (χ1) is 11.1. The second kappa shape index (κ2) is 8.17. The number of hydrogen-bond donors (Lipinski definition) is 2. The predicted octanol–water partition coefficient (Wildman–Crippen LogP) is 2.38. The van der Waals surface area contributed by atoms with Gasteiger partial charge in [-0.1, -0.05) is 23.8 Å². The summed E-state index contributed by atoms with van der Waals surface area (Å²) in [5.74, 6) is -0.390. The van der Waals surface area contributed by atoms with E-state index < -0.39 is 0 Å². The summed E-state index contributed by atoms with van der Waals surface area (Å²) in [4.78, 5) is 23.3. The van der Waals surface area contributed by atoms with Crippen LogP contribution in [0, 0.1) is 13.8 Å². The average molecular weight is 314 g/mol. The minimum atomic E-state index is -0.388. The molecule has 0 spiro atoms. The zero-order chi connectivity index (χ0) is 16.7. The Hall–Kier alpha value is -2.56. The molecule has 23 heavy (non-hydrogen) atoms. The van der Waals surface area contributed by atoms with Gasteiger partial charge in [-0.3, -0.25) is 9.59 Å². The van der Waals surface area contributed by atoms with Gasteiger partial charge in [-0.05, 0) is 49.9 Å². The Morgan fingerprint density at radius 3 is 2.65 bits per heavy atom. The average Bonchev–Trinajstić information content (AvgIpc) is 3.05. The van der Waals surface area contributed by atoms with Crippen molar-refractivity contribution in [2.75, 3.05) is 13.1 Å². The number of hydrogen-bond acceptors (Lipinski definition) is 3. The summed E-state index contributed by atoms with van der Waals surface area (Å²) < 4.78 is 4.95. The molecule has 1 heterocycles. The van der Waals surface area contributed by atoms with Crippen LogP contribution in [-0.4, -0.2) is 24.9 Å². The number of carbonyl (C=O) groups excluding carboxylic acids is 2. The fourth-order valence-corrected chi connectivity index (χ4v) is 2.35. The van der Waals surface area contributed by atoms with Crippen LogP contribution in [0.15, 0.2) is 41.0 Å². The lowest BCUT2D eigenvalue weighted by Gasteiger charge is -2.08. The molecule has 122 valence electrons. The molecule has 5 heteroatoms. The van der Waals surface area contributed by atoms with Crippen molar-refractivity contribution >= 4 is 11.8 Å². The third kappa shape index (κ3) is 5.29. The highest BCUT2D eigenvalue weighted by atomic mass is 16.3. The van der Waals surface area contributed by atoms with Gasteiger partial charge >= 0.3 is 0 Å². The van der Waals surface area contributed by atoms with E-state index in [9.17, 15) is 9.59 Å². The Kier molecular flexibility index (Phi) is 5.97. The van der Waals surface area contributed by atoms with Crippen molar-refractivity contribution in [3.8, 4) is 0 Å². The first kappa shape index (κ1) is 16.8. The van der Waals surface area contributed by atoms with E-state index in [-0.39, 0.29) is 24.1 Å². The van der Waals surface area contributed by atoms with Crippen molar-refractivity contribution in [1.29, 1.82) is 0 Å². The summed E-state index contributed by atoms with van der Waals surface area (Å²) in [6, 6.07) is 9.58. The lowest BCUT2D eigenvalue weighted by Crippen LogP contribution is -2.37. The van der Waals surface area contributed by atoms with Crippen molar-refractivity contribution in [2.24, 2.45) is 0 Å². The first-order valence-electron chi connectivity index (χ1n) is 7.71. The Morgan fingerprint density at radius 1 is 1.13 bits per heavy atom. The Balaban J connectivity index is 1.64. The van der Waals surface area contributed by atoms with E-state index in [1.165, 1.54) is 23.0 Å². The molecule has 0 aliphatic rings. The highest BCUT2D eigenvalue weighted by Gasteiger charge is 2.09. The number of benzene rings is 1. The van der Waals surface area contributed by atoms with E-state index in [1.54, 1.807) is 12.1 Å². The molecule has 2 rings (SSSR count). The molecule has 0 saturated heterocycles. The van der Waals surface area contributed by atoms with E-state index in [0.717, 1.165) is 12.8 Å². The molecular formula is C18H22N2O3. The maximum absolute atomic E-state index is 11.7. The molecule has 2 amide bonds. The number of rotatable bonds is 7. The van der Waals surface area contributed by atoms with Gasteiger partial charge in [-0.15, -0.1) is 0 Å². The molecule has 0 atom stereocenters. The van der Waals surface area contributed by atoms with Gasteiger partial charge < -0.3 is 15.1 Å². The zero-order valence-corrected chi connectivity index (χ0v) is 13.5. The first-order valence-corrected chi connectivity index (χ1v) is 7.71. The van der Waals surface area contributed by atoms with Crippen molar-refractivity contribution in [1.82, 2.24) is 10.6 Å². The van der Waals surface area contributed by atoms with Gasteiger partial charge in [0, 0.05) is 6.54 Å². The number of nitrogens with one attached hydrogen (secondary N) is 2. The molecule has 0 unspecified atom stereocenters. The summed E-state index contributed by atoms with van der Waals surface area (Å²) in [5.41, 5.74) is 3.84. The Bertz CT molecular complexity index is 663. The summed E-state index contributed by atoms with van der Waals surface area (Å²) >= 11 is 0. The molecule has 0 aliphatic heterocycles. The molecule has 2 aromatic rings.